The monoisotopic (exact) mass is 315 g/mol. The van der Waals surface area contributed by atoms with E-state index in [1.165, 1.54) is 4.90 Å². The number of urea groups is 1. The van der Waals surface area contributed by atoms with E-state index in [1.54, 1.807) is 32.0 Å². The summed E-state index contributed by atoms with van der Waals surface area (Å²) in [6.07, 6.45) is 0. The lowest BCUT2D eigenvalue weighted by Gasteiger charge is -2.40. The van der Waals surface area contributed by atoms with Gasteiger partial charge in [0.05, 0.1) is 10.0 Å². The van der Waals surface area contributed by atoms with Gasteiger partial charge in [-0.05, 0) is 32.0 Å². The summed E-state index contributed by atoms with van der Waals surface area (Å²) in [5, 5.41) is 6.24. The maximum absolute atomic E-state index is 12.3. The number of carbonyl (C=O) groups excluding carboxylic acids is 2. The van der Waals surface area contributed by atoms with Gasteiger partial charge >= 0.3 is 6.03 Å². The van der Waals surface area contributed by atoms with Crippen LogP contribution in [0.4, 0.5) is 10.5 Å². The van der Waals surface area contributed by atoms with Crippen molar-refractivity contribution < 1.29 is 9.59 Å². The third-order valence-electron chi connectivity index (χ3n) is 3.27. The molecule has 0 unspecified atom stereocenters. The van der Waals surface area contributed by atoms with Crippen molar-refractivity contribution >= 4 is 40.8 Å². The summed E-state index contributed by atoms with van der Waals surface area (Å²) in [4.78, 5) is 25.6. The molecule has 1 aliphatic rings. The van der Waals surface area contributed by atoms with Crippen LogP contribution in [-0.4, -0.2) is 35.5 Å². The maximum Gasteiger partial charge on any atom is 0.322 e. The lowest BCUT2D eigenvalue weighted by atomic mass is 9.99. The number of amides is 3. The molecule has 7 heteroatoms. The SMILES string of the molecule is CC1(C)C(=O)NCCN1C(=O)Nc1ccc(Cl)c(Cl)c1. The molecule has 0 aliphatic carbocycles. The largest absolute Gasteiger partial charge is 0.352 e. The normalized spacial score (nSPS) is 17.6. The minimum absolute atomic E-state index is 0.173. The van der Waals surface area contributed by atoms with E-state index >= 15 is 0 Å². The fourth-order valence-corrected chi connectivity index (χ4v) is 2.32. The minimum Gasteiger partial charge on any atom is -0.352 e. The number of halogens is 2. The van der Waals surface area contributed by atoms with Gasteiger partial charge in [-0.2, -0.15) is 0 Å². The molecule has 3 amide bonds. The third kappa shape index (κ3) is 2.83. The molecule has 1 fully saturated rings. The summed E-state index contributed by atoms with van der Waals surface area (Å²) in [5.41, 5.74) is -0.357. The molecular weight excluding hydrogens is 301 g/mol. The summed E-state index contributed by atoms with van der Waals surface area (Å²) >= 11 is 11.7. The lowest BCUT2D eigenvalue weighted by molar-refractivity contribution is -0.132. The molecule has 0 atom stereocenters. The maximum atomic E-state index is 12.3. The molecule has 1 aromatic carbocycles. The number of benzene rings is 1. The van der Waals surface area contributed by atoms with E-state index < -0.39 is 5.54 Å². The Morgan fingerprint density at radius 1 is 1.35 bits per heavy atom. The molecule has 2 N–H and O–H groups in total. The van der Waals surface area contributed by atoms with Crippen LogP contribution in [-0.2, 0) is 4.79 Å². The highest BCUT2D eigenvalue weighted by Crippen LogP contribution is 2.26. The fraction of sp³-hybridized carbons (Fsp3) is 0.385. The van der Waals surface area contributed by atoms with Crippen LogP contribution in [0.1, 0.15) is 13.8 Å². The van der Waals surface area contributed by atoms with Gasteiger partial charge in [-0.1, -0.05) is 23.2 Å². The van der Waals surface area contributed by atoms with Crippen LogP contribution in [0.2, 0.25) is 10.0 Å². The smallest absolute Gasteiger partial charge is 0.322 e. The first-order valence-corrected chi connectivity index (χ1v) is 6.90. The van der Waals surface area contributed by atoms with E-state index in [-0.39, 0.29) is 11.9 Å². The molecule has 0 bridgehead atoms. The Bertz CT molecular complexity index is 561. The predicted molar refractivity (Wildman–Crippen MR) is 79.3 cm³/mol. The van der Waals surface area contributed by atoms with Gasteiger partial charge in [0.25, 0.3) is 0 Å². The molecule has 0 radical (unpaired) electrons. The van der Waals surface area contributed by atoms with Crippen molar-refractivity contribution in [2.24, 2.45) is 0 Å². The Morgan fingerprint density at radius 2 is 2.05 bits per heavy atom. The minimum atomic E-state index is -0.890. The molecule has 1 aliphatic heterocycles. The molecule has 5 nitrogen and oxygen atoms in total. The standard InChI is InChI=1S/C13H15Cl2N3O2/c1-13(2)11(19)16-5-6-18(13)12(20)17-8-3-4-9(14)10(15)7-8/h3-4,7H,5-6H2,1-2H3,(H,16,19)(H,17,20). The molecule has 108 valence electrons. The average Bonchev–Trinajstić information content (AvgIpc) is 2.37. The van der Waals surface area contributed by atoms with Gasteiger partial charge in [0.15, 0.2) is 0 Å². The van der Waals surface area contributed by atoms with Crippen molar-refractivity contribution in [1.82, 2.24) is 10.2 Å². The molecule has 0 spiro atoms. The van der Waals surface area contributed by atoms with Gasteiger partial charge in [-0.25, -0.2) is 4.79 Å². The summed E-state index contributed by atoms with van der Waals surface area (Å²) in [5.74, 6) is -0.173. The van der Waals surface area contributed by atoms with E-state index in [9.17, 15) is 9.59 Å². The van der Waals surface area contributed by atoms with E-state index in [1.807, 2.05) is 0 Å². The molecule has 20 heavy (non-hydrogen) atoms. The highest BCUT2D eigenvalue weighted by molar-refractivity contribution is 6.42. The number of hydrogen-bond acceptors (Lipinski definition) is 2. The molecule has 1 heterocycles. The lowest BCUT2D eigenvalue weighted by Crippen LogP contribution is -2.64. The first-order chi connectivity index (χ1) is 9.32. The van der Waals surface area contributed by atoms with Crippen LogP contribution >= 0.6 is 23.2 Å². The van der Waals surface area contributed by atoms with Crippen molar-refractivity contribution in [2.75, 3.05) is 18.4 Å². The quantitative estimate of drug-likeness (QED) is 0.837. The second kappa shape index (κ2) is 5.50. The summed E-state index contributed by atoms with van der Waals surface area (Å²) in [7, 11) is 0. The zero-order chi connectivity index (χ0) is 14.9. The number of anilines is 1. The predicted octanol–water partition coefficient (Wildman–Crippen LogP) is 2.74. The first kappa shape index (κ1) is 14.9. The van der Waals surface area contributed by atoms with Gasteiger partial charge in [0, 0.05) is 18.8 Å². The molecule has 0 saturated carbocycles. The van der Waals surface area contributed by atoms with Gasteiger partial charge in [-0.3, -0.25) is 4.79 Å². The van der Waals surface area contributed by atoms with E-state index in [4.69, 9.17) is 23.2 Å². The molecular formula is C13H15Cl2N3O2. The van der Waals surface area contributed by atoms with Gasteiger partial charge in [0.2, 0.25) is 5.91 Å². The number of nitrogens with one attached hydrogen (secondary N) is 2. The van der Waals surface area contributed by atoms with Crippen molar-refractivity contribution in [1.29, 1.82) is 0 Å². The highest BCUT2D eigenvalue weighted by Gasteiger charge is 2.40. The van der Waals surface area contributed by atoms with Crippen molar-refractivity contribution in [3.05, 3.63) is 28.2 Å². The second-order valence-electron chi connectivity index (χ2n) is 5.03. The number of carbonyl (C=O) groups is 2. The van der Waals surface area contributed by atoms with Crippen LogP contribution in [0.5, 0.6) is 0 Å². The number of rotatable bonds is 1. The van der Waals surface area contributed by atoms with Crippen LogP contribution < -0.4 is 10.6 Å². The molecule has 0 aromatic heterocycles. The summed E-state index contributed by atoms with van der Waals surface area (Å²) in [6, 6.07) is 4.48. The highest BCUT2D eigenvalue weighted by atomic mass is 35.5. The topological polar surface area (TPSA) is 61.4 Å². The average molecular weight is 316 g/mol. The Labute approximate surface area is 127 Å². The van der Waals surface area contributed by atoms with E-state index in [0.717, 1.165) is 0 Å². The second-order valence-corrected chi connectivity index (χ2v) is 5.84. The Balaban J connectivity index is 2.15. The summed E-state index contributed by atoms with van der Waals surface area (Å²) in [6.45, 7) is 4.30. The number of hydrogen-bond donors (Lipinski definition) is 2. The third-order valence-corrected chi connectivity index (χ3v) is 4.01. The zero-order valence-electron chi connectivity index (χ0n) is 11.2. The van der Waals surface area contributed by atoms with Crippen molar-refractivity contribution in [2.45, 2.75) is 19.4 Å². The van der Waals surface area contributed by atoms with Crippen LogP contribution in [0.3, 0.4) is 0 Å². The molecule has 1 aromatic rings. The van der Waals surface area contributed by atoms with Gasteiger partial charge in [0.1, 0.15) is 5.54 Å². The van der Waals surface area contributed by atoms with Crippen LogP contribution in [0.15, 0.2) is 18.2 Å². The van der Waals surface area contributed by atoms with Crippen LogP contribution in [0.25, 0.3) is 0 Å². The van der Waals surface area contributed by atoms with E-state index in [2.05, 4.69) is 10.6 Å². The van der Waals surface area contributed by atoms with Crippen LogP contribution in [0, 0.1) is 0 Å². The summed E-state index contributed by atoms with van der Waals surface area (Å²) < 4.78 is 0. The Kier molecular flexibility index (Phi) is 4.11. The zero-order valence-corrected chi connectivity index (χ0v) is 12.7. The first-order valence-electron chi connectivity index (χ1n) is 6.14. The fourth-order valence-electron chi connectivity index (χ4n) is 2.02. The number of piperazine rings is 1. The Hall–Kier alpha value is -1.46. The Morgan fingerprint density at radius 3 is 2.70 bits per heavy atom. The van der Waals surface area contributed by atoms with Crippen molar-refractivity contribution in [3.8, 4) is 0 Å². The molecule has 1 saturated heterocycles. The molecule has 2 rings (SSSR count). The van der Waals surface area contributed by atoms with E-state index in [0.29, 0.717) is 28.8 Å². The van der Waals surface area contributed by atoms with Crippen molar-refractivity contribution in [3.63, 3.8) is 0 Å². The van der Waals surface area contributed by atoms with Gasteiger partial charge in [-0.15, -0.1) is 0 Å². The number of nitrogens with zero attached hydrogens (tertiary/aromatic N) is 1. The van der Waals surface area contributed by atoms with Gasteiger partial charge < -0.3 is 15.5 Å².